The fourth-order valence-corrected chi connectivity index (χ4v) is 2.86. The van der Waals surface area contributed by atoms with Crippen LogP contribution in [-0.4, -0.2) is 35.0 Å². The van der Waals surface area contributed by atoms with Gasteiger partial charge in [0.1, 0.15) is 0 Å². The molecule has 0 unspecified atom stereocenters. The second kappa shape index (κ2) is 13.3. The van der Waals surface area contributed by atoms with Crippen LogP contribution in [0.5, 0.6) is 11.5 Å². The summed E-state index contributed by atoms with van der Waals surface area (Å²) in [6.07, 6.45) is -2.86. The minimum atomic E-state index is -1.62. The summed E-state index contributed by atoms with van der Waals surface area (Å²) in [7, 11) is 0. The number of hydrogen-bond donors (Lipinski definition) is 0. The van der Waals surface area contributed by atoms with Gasteiger partial charge in [-0.1, -0.05) is 44.2 Å². The van der Waals surface area contributed by atoms with Gasteiger partial charge in [0.05, 0.1) is 4.92 Å². The highest BCUT2D eigenvalue weighted by Crippen LogP contribution is 2.39. The number of Topliss-reactive ketones (excluding diaryl/α,β-unsaturated/α-hetero) is 1. The zero-order valence-electron chi connectivity index (χ0n) is 19.5. The minimum absolute atomic E-state index is 0.111. The van der Waals surface area contributed by atoms with E-state index in [-0.39, 0.29) is 24.8 Å². The molecule has 0 aromatic heterocycles. The third kappa shape index (κ3) is 8.31. The lowest BCUT2D eigenvalue weighted by Crippen LogP contribution is -2.20. The first kappa shape index (κ1) is 27.6. The highest BCUT2D eigenvalue weighted by atomic mass is 16.8. The number of benzene rings is 2. The number of ketones is 1. The SMILES string of the molecule is CCCC(=O)OC(=O)Oc1cc(C(=O)Cc2ccccc2)cc([N+](=O)[O-])c1OC(=O)OC(=O)CCC. The van der Waals surface area contributed by atoms with Crippen molar-refractivity contribution >= 4 is 35.7 Å². The number of esters is 2. The Labute approximate surface area is 205 Å². The predicted molar refractivity (Wildman–Crippen MR) is 122 cm³/mol. The molecule has 0 bridgehead atoms. The van der Waals surface area contributed by atoms with Crippen molar-refractivity contribution in [2.75, 3.05) is 0 Å². The van der Waals surface area contributed by atoms with E-state index in [1.54, 1.807) is 44.2 Å². The van der Waals surface area contributed by atoms with Crippen molar-refractivity contribution in [1.29, 1.82) is 0 Å². The number of carbonyl (C=O) groups excluding carboxylic acids is 5. The number of nitro benzene ring substituents is 1. The van der Waals surface area contributed by atoms with Crippen molar-refractivity contribution in [3.05, 3.63) is 63.7 Å². The average molecular weight is 501 g/mol. The summed E-state index contributed by atoms with van der Waals surface area (Å²) >= 11 is 0. The molecule has 36 heavy (non-hydrogen) atoms. The maximum Gasteiger partial charge on any atom is 0.522 e. The number of nitrogens with zero attached hydrogens (tertiary/aromatic N) is 1. The summed E-state index contributed by atoms with van der Waals surface area (Å²) in [4.78, 5) is 70.9. The fourth-order valence-electron chi connectivity index (χ4n) is 2.86. The van der Waals surface area contributed by atoms with Gasteiger partial charge in [-0.3, -0.25) is 24.5 Å². The first-order valence-corrected chi connectivity index (χ1v) is 10.9. The van der Waals surface area contributed by atoms with Gasteiger partial charge in [-0.25, -0.2) is 9.59 Å². The molecule has 0 aliphatic carbocycles. The molecular formula is C24H23NO11. The second-order valence-corrected chi connectivity index (χ2v) is 7.32. The van der Waals surface area contributed by atoms with E-state index in [9.17, 15) is 34.1 Å². The second-order valence-electron chi connectivity index (χ2n) is 7.32. The van der Waals surface area contributed by atoms with Crippen molar-refractivity contribution in [1.82, 2.24) is 0 Å². The monoisotopic (exact) mass is 501 g/mol. The Bertz CT molecular complexity index is 1160. The van der Waals surface area contributed by atoms with Gasteiger partial charge in [0.25, 0.3) is 5.75 Å². The molecule has 0 saturated heterocycles. The van der Waals surface area contributed by atoms with E-state index >= 15 is 0 Å². The Hall–Kier alpha value is -4.61. The molecule has 0 amide bonds. The molecule has 190 valence electrons. The Morgan fingerprint density at radius 2 is 1.39 bits per heavy atom. The fraction of sp³-hybridized carbons (Fsp3) is 0.292. The third-order valence-corrected chi connectivity index (χ3v) is 4.44. The summed E-state index contributed by atoms with van der Waals surface area (Å²) in [5, 5.41) is 11.7. The number of rotatable bonds is 10. The molecule has 12 nitrogen and oxygen atoms in total. The van der Waals surface area contributed by atoms with E-state index in [0.717, 1.165) is 12.1 Å². The molecule has 0 spiro atoms. The van der Waals surface area contributed by atoms with Crippen LogP contribution in [0.1, 0.15) is 55.5 Å². The zero-order valence-corrected chi connectivity index (χ0v) is 19.5. The normalized spacial score (nSPS) is 10.2. The summed E-state index contributed by atoms with van der Waals surface area (Å²) in [6, 6.07) is 10.2. The highest BCUT2D eigenvalue weighted by molar-refractivity contribution is 5.99. The van der Waals surface area contributed by atoms with E-state index in [4.69, 9.17) is 9.47 Å². The molecule has 0 saturated carbocycles. The zero-order chi connectivity index (χ0) is 26.7. The van der Waals surface area contributed by atoms with Crippen LogP contribution in [0.25, 0.3) is 0 Å². The number of nitro groups is 1. The smallest absolute Gasteiger partial charge is 0.390 e. The van der Waals surface area contributed by atoms with Gasteiger partial charge >= 0.3 is 29.9 Å². The van der Waals surface area contributed by atoms with Crippen LogP contribution in [0, 0.1) is 10.1 Å². The van der Waals surface area contributed by atoms with Crippen LogP contribution in [0.2, 0.25) is 0 Å². The number of ether oxygens (including phenoxy) is 4. The average Bonchev–Trinajstić information content (AvgIpc) is 2.80. The minimum Gasteiger partial charge on any atom is -0.390 e. The largest absolute Gasteiger partial charge is 0.522 e. The van der Waals surface area contributed by atoms with Crippen molar-refractivity contribution in [2.24, 2.45) is 0 Å². The Morgan fingerprint density at radius 1 is 0.833 bits per heavy atom. The van der Waals surface area contributed by atoms with Gasteiger partial charge < -0.3 is 18.9 Å². The molecule has 12 heteroatoms. The van der Waals surface area contributed by atoms with E-state index in [1.165, 1.54) is 0 Å². The van der Waals surface area contributed by atoms with Crippen LogP contribution in [0.3, 0.4) is 0 Å². The van der Waals surface area contributed by atoms with Crippen LogP contribution >= 0.6 is 0 Å². The van der Waals surface area contributed by atoms with Gasteiger partial charge in [0, 0.05) is 30.9 Å². The van der Waals surface area contributed by atoms with Gasteiger partial charge in [0.2, 0.25) is 0 Å². The molecule has 0 heterocycles. The first-order valence-electron chi connectivity index (χ1n) is 10.9. The number of carbonyl (C=O) groups is 5. The van der Waals surface area contributed by atoms with Gasteiger partial charge in [-0.15, -0.1) is 0 Å². The maximum absolute atomic E-state index is 12.8. The van der Waals surface area contributed by atoms with Crippen molar-refractivity contribution < 1.29 is 47.8 Å². The molecule has 2 aromatic carbocycles. The van der Waals surface area contributed by atoms with Crippen molar-refractivity contribution in [2.45, 2.75) is 46.0 Å². The van der Waals surface area contributed by atoms with Crippen LogP contribution < -0.4 is 9.47 Å². The summed E-state index contributed by atoms with van der Waals surface area (Å²) in [5.74, 6) is -4.16. The van der Waals surface area contributed by atoms with Crippen molar-refractivity contribution in [3.63, 3.8) is 0 Å². The lowest BCUT2D eigenvalue weighted by atomic mass is 10.0. The number of hydrogen-bond acceptors (Lipinski definition) is 11. The summed E-state index contributed by atoms with van der Waals surface area (Å²) in [5.41, 5.74) is -0.581. The quantitative estimate of drug-likeness (QED) is 0.110. The van der Waals surface area contributed by atoms with E-state index in [1.807, 2.05) is 0 Å². The van der Waals surface area contributed by atoms with Gasteiger partial charge in [-0.05, 0) is 24.5 Å². The first-order chi connectivity index (χ1) is 17.1. The van der Waals surface area contributed by atoms with E-state index in [0.29, 0.717) is 18.4 Å². The van der Waals surface area contributed by atoms with Crippen LogP contribution in [-0.2, 0) is 25.5 Å². The third-order valence-electron chi connectivity index (χ3n) is 4.44. The summed E-state index contributed by atoms with van der Waals surface area (Å²) in [6.45, 7) is 3.31. The Morgan fingerprint density at radius 3 is 1.92 bits per heavy atom. The molecule has 0 N–H and O–H groups in total. The Balaban J connectivity index is 2.46. The maximum atomic E-state index is 12.8. The van der Waals surface area contributed by atoms with E-state index in [2.05, 4.69) is 9.47 Å². The molecular weight excluding hydrogens is 478 g/mol. The van der Waals surface area contributed by atoms with Crippen LogP contribution in [0.15, 0.2) is 42.5 Å². The molecule has 0 atom stereocenters. The van der Waals surface area contributed by atoms with Crippen LogP contribution in [0.4, 0.5) is 15.3 Å². The predicted octanol–water partition coefficient (Wildman–Crippen LogP) is 4.70. The van der Waals surface area contributed by atoms with Crippen molar-refractivity contribution in [3.8, 4) is 11.5 Å². The summed E-state index contributed by atoms with van der Waals surface area (Å²) < 4.78 is 18.6. The molecule has 0 radical (unpaired) electrons. The lowest BCUT2D eigenvalue weighted by molar-refractivity contribution is -0.385. The molecule has 0 fully saturated rings. The highest BCUT2D eigenvalue weighted by Gasteiger charge is 2.30. The lowest BCUT2D eigenvalue weighted by Gasteiger charge is -2.12. The Kier molecular flexibility index (Phi) is 10.2. The van der Waals surface area contributed by atoms with Gasteiger partial charge in [-0.2, -0.15) is 0 Å². The van der Waals surface area contributed by atoms with E-state index < -0.39 is 52.1 Å². The standard InChI is InChI=1S/C24H23NO11/c1-3-8-20(27)34-23(29)33-19-14-16(18(26)12-15-10-6-5-7-11-15)13-17(25(31)32)22(19)36-24(30)35-21(28)9-4-2/h5-7,10-11,13-14H,3-4,8-9,12H2,1-2H3. The molecule has 0 aliphatic heterocycles. The molecule has 2 aromatic rings. The molecule has 2 rings (SSSR count). The topological polar surface area (TPSA) is 165 Å². The van der Waals surface area contributed by atoms with Gasteiger partial charge in [0.15, 0.2) is 11.5 Å². The molecule has 0 aliphatic rings.